The molecule has 0 fully saturated rings. The summed E-state index contributed by atoms with van der Waals surface area (Å²) in [6, 6.07) is 14.7. The third-order valence-corrected chi connectivity index (χ3v) is 3.62. The van der Waals surface area contributed by atoms with Gasteiger partial charge in [0.15, 0.2) is 0 Å². The Hall–Kier alpha value is -1.85. The molecule has 0 aromatic heterocycles. The van der Waals surface area contributed by atoms with E-state index in [4.69, 9.17) is 10.9 Å². The van der Waals surface area contributed by atoms with Gasteiger partial charge in [-0.1, -0.05) is 36.4 Å². The number of sulfonamides is 1. The molecule has 0 aliphatic rings. The molecule has 2 aromatic rings. The van der Waals surface area contributed by atoms with E-state index in [1.807, 2.05) is 30.3 Å². The van der Waals surface area contributed by atoms with E-state index < -0.39 is 10.0 Å². The second kappa shape index (κ2) is 4.80. The van der Waals surface area contributed by atoms with E-state index in [-0.39, 0.29) is 10.6 Å². The molecular weight excluding hydrogens is 248 g/mol. The van der Waals surface area contributed by atoms with Crippen LogP contribution >= 0.6 is 0 Å². The average molecular weight is 262 g/mol. The Morgan fingerprint density at radius 3 is 2.17 bits per heavy atom. The van der Waals surface area contributed by atoms with Gasteiger partial charge in [0.1, 0.15) is 4.90 Å². The van der Waals surface area contributed by atoms with Crippen LogP contribution in [-0.4, -0.2) is 8.42 Å². The second-order valence-electron chi connectivity index (χ2n) is 4.08. The SMILES string of the molecule is Nc1cc(Cc2ccccc2)ccc1S(N)(=O)=O. The highest BCUT2D eigenvalue weighted by Gasteiger charge is 2.12. The van der Waals surface area contributed by atoms with Gasteiger partial charge in [-0.15, -0.1) is 0 Å². The lowest BCUT2D eigenvalue weighted by Crippen LogP contribution is -2.14. The molecule has 94 valence electrons. The zero-order valence-electron chi connectivity index (χ0n) is 9.71. The van der Waals surface area contributed by atoms with Crippen LogP contribution in [-0.2, 0) is 16.4 Å². The van der Waals surface area contributed by atoms with Crippen molar-refractivity contribution in [1.82, 2.24) is 0 Å². The maximum atomic E-state index is 11.2. The molecule has 0 saturated heterocycles. The third kappa shape index (κ3) is 2.88. The summed E-state index contributed by atoms with van der Waals surface area (Å²) in [6.45, 7) is 0. The Kier molecular flexibility index (Phi) is 3.36. The Balaban J connectivity index is 2.30. The standard InChI is InChI=1S/C13H14N2O2S/c14-12-9-11(6-7-13(12)18(15,16)17)8-10-4-2-1-3-5-10/h1-7,9H,8,14H2,(H2,15,16,17). The molecule has 0 aliphatic heterocycles. The summed E-state index contributed by atoms with van der Waals surface area (Å²) >= 11 is 0. The van der Waals surface area contributed by atoms with Gasteiger partial charge in [-0.05, 0) is 29.7 Å². The molecule has 0 aliphatic carbocycles. The predicted octanol–water partition coefficient (Wildman–Crippen LogP) is 1.51. The fourth-order valence-corrected chi connectivity index (χ4v) is 2.44. The van der Waals surface area contributed by atoms with Crippen LogP contribution in [0.15, 0.2) is 53.4 Å². The van der Waals surface area contributed by atoms with Gasteiger partial charge in [0, 0.05) is 0 Å². The van der Waals surface area contributed by atoms with Gasteiger partial charge >= 0.3 is 0 Å². The number of nitrogens with two attached hydrogens (primary N) is 2. The topological polar surface area (TPSA) is 86.2 Å². The first kappa shape index (κ1) is 12.6. The van der Waals surface area contributed by atoms with Gasteiger partial charge in [-0.25, -0.2) is 13.6 Å². The van der Waals surface area contributed by atoms with Crippen molar-refractivity contribution in [3.8, 4) is 0 Å². The molecular formula is C13H14N2O2S. The number of benzene rings is 2. The van der Waals surface area contributed by atoms with E-state index in [0.29, 0.717) is 6.42 Å². The fourth-order valence-electron chi connectivity index (χ4n) is 1.80. The van der Waals surface area contributed by atoms with Crippen LogP contribution in [0, 0.1) is 0 Å². The van der Waals surface area contributed by atoms with E-state index >= 15 is 0 Å². The summed E-state index contributed by atoms with van der Waals surface area (Å²) in [7, 11) is -3.75. The molecule has 5 heteroatoms. The highest BCUT2D eigenvalue weighted by atomic mass is 32.2. The molecule has 18 heavy (non-hydrogen) atoms. The van der Waals surface area contributed by atoms with Crippen molar-refractivity contribution in [2.45, 2.75) is 11.3 Å². The highest BCUT2D eigenvalue weighted by Crippen LogP contribution is 2.20. The fraction of sp³-hybridized carbons (Fsp3) is 0.0769. The van der Waals surface area contributed by atoms with Gasteiger partial charge in [-0.2, -0.15) is 0 Å². The van der Waals surface area contributed by atoms with Crippen LogP contribution in [0.25, 0.3) is 0 Å². The molecule has 0 radical (unpaired) electrons. The van der Waals surface area contributed by atoms with Gasteiger partial charge in [-0.3, -0.25) is 0 Å². The van der Waals surface area contributed by atoms with E-state index in [9.17, 15) is 8.42 Å². The zero-order chi connectivity index (χ0) is 13.2. The largest absolute Gasteiger partial charge is 0.398 e. The Morgan fingerprint density at radius 1 is 0.944 bits per heavy atom. The van der Waals surface area contributed by atoms with Crippen LogP contribution in [0.3, 0.4) is 0 Å². The van der Waals surface area contributed by atoms with E-state index in [1.54, 1.807) is 12.1 Å². The number of rotatable bonds is 3. The van der Waals surface area contributed by atoms with Crippen molar-refractivity contribution < 1.29 is 8.42 Å². The number of hydrogen-bond donors (Lipinski definition) is 2. The van der Waals surface area contributed by atoms with Crippen molar-refractivity contribution in [2.75, 3.05) is 5.73 Å². The number of hydrogen-bond acceptors (Lipinski definition) is 3. The summed E-state index contributed by atoms with van der Waals surface area (Å²) in [5.74, 6) is 0. The van der Waals surface area contributed by atoms with Crippen molar-refractivity contribution >= 4 is 15.7 Å². The van der Waals surface area contributed by atoms with Crippen LogP contribution in [0.5, 0.6) is 0 Å². The normalized spacial score (nSPS) is 11.4. The lowest BCUT2D eigenvalue weighted by molar-refractivity contribution is 0.598. The summed E-state index contributed by atoms with van der Waals surface area (Å²) < 4.78 is 22.4. The molecule has 0 saturated carbocycles. The summed E-state index contributed by atoms with van der Waals surface area (Å²) in [6.07, 6.45) is 0.704. The highest BCUT2D eigenvalue weighted by molar-refractivity contribution is 7.89. The van der Waals surface area contributed by atoms with Crippen molar-refractivity contribution in [1.29, 1.82) is 0 Å². The van der Waals surface area contributed by atoms with Crippen LogP contribution < -0.4 is 10.9 Å². The first-order valence-electron chi connectivity index (χ1n) is 5.42. The Labute approximate surface area is 106 Å². The minimum Gasteiger partial charge on any atom is -0.398 e. The van der Waals surface area contributed by atoms with Crippen molar-refractivity contribution in [3.05, 3.63) is 59.7 Å². The van der Waals surface area contributed by atoms with E-state index in [2.05, 4.69) is 0 Å². The quantitative estimate of drug-likeness (QED) is 0.822. The molecule has 4 nitrogen and oxygen atoms in total. The summed E-state index contributed by atoms with van der Waals surface area (Å²) in [5.41, 5.74) is 7.98. The molecule has 0 unspecified atom stereocenters. The maximum Gasteiger partial charge on any atom is 0.240 e. The minimum absolute atomic E-state index is 0.0284. The van der Waals surface area contributed by atoms with Gasteiger partial charge in [0.2, 0.25) is 10.0 Å². The Morgan fingerprint density at radius 2 is 1.61 bits per heavy atom. The smallest absolute Gasteiger partial charge is 0.240 e. The molecule has 0 heterocycles. The van der Waals surface area contributed by atoms with Crippen LogP contribution in [0.1, 0.15) is 11.1 Å². The molecule has 2 rings (SSSR count). The first-order valence-corrected chi connectivity index (χ1v) is 6.96. The second-order valence-corrected chi connectivity index (χ2v) is 5.61. The van der Waals surface area contributed by atoms with Gasteiger partial charge in [0.25, 0.3) is 0 Å². The molecule has 4 N–H and O–H groups in total. The molecule has 0 atom stereocenters. The van der Waals surface area contributed by atoms with Gasteiger partial charge in [0.05, 0.1) is 5.69 Å². The molecule has 0 amide bonds. The zero-order valence-corrected chi connectivity index (χ0v) is 10.5. The first-order chi connectivity index (χ1) is 8.47. The molecule has 0 spiro atoms. The predicted molar refractivity (Wildman–Crippen MR) is 71.5 cm³/mol. The average Bonchev–Trinajstić information content (AvgIpc) is 2.28. The maximum absolute atomic E-state index is 11.2. The summed E-state index contributed by atoms with van der Waals surface area (Å²) in [4.78, 5) is -0.0284. The van der Waals surface area contributed by atoms with Crippen molar-refractivity contribution in [2.24, 2.45) is 5.14 Å². The van der Waals surface area contributed by atoms with Crippen LogP contribution in [0.2, 0.25) is 0 Å². The monoisotopic (exact) mass is 262 g/mol. The minimum atomic E-state index is -3.75. The summed E-state index contributed by atoms with van der Waals surface area (Å²) in [5, 5.41) is 5.05. The van der Waals surface area contributed by atoms with Crippen LogP contribution in [0.4, 0.5) is 5.69 Å². The third-order valence-electron chi connectivity index (χ3n) is 2.63. The number of nitrogen functional groups attached to an aromatic ring is 1. The lowest BCUT2D eigenvalue weighted by atomic mass is 10.0. The molecule has 0 bridgehead atoms. The Bertz CT molecular complexity index is 652. The van der Waals surface area contributed by atoms with E-state index in [0.717, 1.165) is 11.1 Å². The molecule has 2 aromatic carbocycles. The number of anilines is 1. The van der Waals surface area contributed by atoms with Gasteiger partial charge < -0.3 is 5.73 Å². The number of primary sulfonamides is 1. The van der Waals surface area contributed by atoms with Crippen molar-refractivity contribution in [3.63, 3.8) is 0 Å². The lowest BCUT2D eigenvalue weighted by Gasteiger charge is -2.07. The van der Waals surface area contributed by atoms with E-state index in [1.165, 1.54) is 6.07 Å².